The van der Waals surface area contributed by atoms with Crippen LogP contribution in [0.1, 0.15) is 49.2 Å². The second kappa shape index (κ2) is 13.4. The zero-order chi connectivity index (χ0) is 30.3. The molecule has 0 bridgehead atoms. The van der Waals surface area contributed by atoms with Gasteiger partial charge in [-0.15, -0.1) is 0 Å². The first kappa shape index (κ1) is 29.6. The molecule has 4 aromatic carbocycles. The number of hydrogen-bond acceptors (Lipinski definition) is 6. The molecule has 0 saturated heterocycles. The molecular formula is C34H34N6O2S. The van der Waals surface area contributed by atoms with Crippen LogP contribution in [0.2, 0.25) is 0 Å². The van der Waals surface area contributed by atoms with Crippen molar-refractivity contribution in [2.24, 2.45) is 11.0 Å². The maximum absolute atomic E-state index is 11.1. The summed E-state index contributed by atoms with van der Waals surface area (Å²) in [6, 6.07) is 35.2. The molecule has 218 valence electrons. The fourth-order valence-corrected chi connectivity index (χ4v) is 5.16. The van der Waals surface area contributed by atoms with Crippen molar-refractivity contribution in [1.82, 2.24) is 14.5 Å². The number of nitrogens with zero attached hydrogens (tertiary/aromatic N) is 6. The molecule has 0 radical (unpaired) electrons. The van der Waals surface area contributed by atoms with Gasteiger partial charge in [-0.05, 0) is 77.6 Å². The number of nitro groups is 1. The van der Waals surface area contributed by atoms with Gasteiger partial charge < -0.3 is 4.90 Å². The van der Waals surface area contributed by atoms with E-state index in [2.05, 4.69) is 74.2 Å². The second-order valence-electron chi connectivity index (χ2n) is 10.8. The first-order chi connectivity index (χ1) is 20.8. The summed E-state index contributed by atoms with van der Waals surface area (Å²) in [6.07, 6.45) is 2.67. The smallest absolute Gasteiger partial charge is 0.269 e. The van der Waals surface area contributed by atoms with Gasteiger partial charge in [-0.2, -0.15) is 14.9 Å². The molecule has 1 heterocycles. The third-order valence-electron chi connectivity index (χ3n) is 7.19. The van der Waals surface area contributed by atoms with Crippen molar-refractivity contribution >= 4 is 35.5 Å². The molecule has 0 spiro atoms. The molecule has 9 heteroatoms. The highest BCUT2D eigenvalue weighted by Gasteiger charge is 2.21. The molecule has 0 aliphatic rings. The maximum atomic E-state index is 11.1. The minimum absolute atomic E-state index is 0.0266. The van der Waals surface area contributed by atoms with Crippen molar-refractivity contribution in [3.05, 3.63) is 147 Å². The molecule has 5 aromatic rings. The van der Waals surface area contributed by atoms with E-state index >= 15 is 0 Å². The van der Waals surface area contributed by atoms with Gasteiger partial charge in [0.25, 0.3) is 5.69 Å². The number of benzene rings is 4. The van der Waals surface area contributed by atoms with Crippen molar-refractivity contribution in [2.45, 2.75) is 39.8 Å². The van der Waals surface area contributed by atoms with Crippen LogP contribution in [0.25, 0.3) is 0 Å². The van der Waals surface area contributed by atoms with Crippen molar-refractivity contribution in [3.8, 4) is 0 Å². The molecule has 0 aliphatic heterocycles. The monoisotopic (exact) mass is 590 g/mol. The van der Waals surface area contributed by atoms with Crippen molar-refractivity contribution < 1.29 is 4.92 Å². The molecule has 0 N–H and O–H groups in total. The molecular weight excluding hydrogens is 556 g/mol. The van der Waals surface area contributed by atoms with E-state index in [9.17, 15) is 10.1 Å². The Balaban J connectivity index is 1.55. The van der Waals surface area contributed by atoms with Gasteiger partial charge in [-0.3, -0.25) is 10.1 Å². The molecule has 43 heavy (non-hydrogen) atoms. The Kier molecular flexibility index (Phi) is 9.22. The van der Waals surface area contributed by atoms with Crippen molar-refractivity contribution in [3.63, 3.8) is 0 Å². The Labute approximate surface area is 256 Å². The van der Waals surface area contributed by atoms with Crippen LogP contribution in [0.5, 0.6) is 0 Å². The van der Waals surface area contributed by atoms with Crippen LogP contribution in [0.15, 0.2) is 114 Å². The number of para-hydroxylation sites is 2. The summed E-state index contributed by atoms with van der Waals surface area (Å²) < 4.78 is 3.92. The molecule has 5 rings (SSSR count). The van der Waals surface area contributed by atoms with Gasteiger partial charge in [0.1, 0.15) is 6.67 Å². The predicted molar refractivity (Wildman–Crippen MR) is 175 cm³/mol. The summed E-state index contributed by atoms with van der Waals surface area (Å²) in [7, 11) is 0. The lowest BCUT2D eigenvalue weighted by molar-refractivity contribution is -0.384. The summed E-state index contributed by atoms with van der Waals surface area (Å²) >= 11 is 5.97. The zero-order valence-electron chi connectivity index (χ0n) is 24.4. The normalized spacial score (nSPS) is 12.1. The third kappa shape index (κ3) is 7.13. The Hall–Kier alpha value is -4.89. The minimum atomic E-state index is -0.418. The van der Waals surface area contributed by atoms with Crippen LogP contribution in [-0.2, 0) is 13.1 Å². The molecule has 8 nitrogen and oxygen atoms in total. The van der Waals surface area contributed by atoms with Gasteiger partial charge in [0, 0.05) is 29.4 Å². The van der Waals surface area contributed by atoms with Crippen LogP contribution >= 0.6 is 12.2 Å². The molecule has 1 unspecified atom stereocenters. The lowest BCUT2D eigenvalue weighted by Gasteiger charge is -2.24. The number of nitro benzene ring substituents is 1. The summed E-state index contributed by atoms with van der Waals surface area (Å²) in [5.41, 5.74) is 5.16. The molecule has 1 atom stereocenters. The quantitative estimate of drug-likeness (QED) is 0.0668. The number of non-ortho nitro benzene ring substituents is 1. The summed E-state index contributed by atoms with van der Waals surface area (Å²) in [5.74, 6) is 1.17. The Morgan fingerprint density at radius 2 is 1.47 bits per heavy atom. The summed E-state index contributed by atoms with van der Waals surface area (Å²) in [5, 5.41) is 20.9. The lowest BCUT2D eigenvalue weighted by Crippen LogP contribution is -2.22. The number of hydrogen-bond donors (Lipinski definition) is 0. The van der Waals surface area contributed by atoms with E-state index in [4.69, 9.17) is 22.4 Å². The fraction of sp³-hybridized carbons (Fsp3) is 0.206. The minimum Gasteiger partial charge on any atom is -0.321 e. The molecule has 0 fully saturated rings. The lowest BCUT2D eigenvalue weighted by atomic mass is 9.96. The van der Waals surface area contributed by atoms with E-state index in [1.165, 1.54) is 17.7 Å². The highest BCUT2D eigenvalue weighted by molar-refractivity contribution is 7.71. The Morgan fingerprint density at radius 3 is 2.00 bits per heavy atom. The average Bonchev–Trinajstić information content (AvgIpc) is 3.34. The highest BCUT2D eigenvalue weighted by Crippen LogP contribution is 2.28. The van der Waals surface area contributed by atoms with Gasteiger partial charge in [0.2, 0.25) is 4.77 Å². The number of aromatic nitrogens is 3. The van der Waals surface area contributed by atoms with E-state index in [1.807, 2.05) is 36.4 Å². The van der Waals surface area contributed by atoms with E-state index in [0.29, 0.717) is 28.7 Å². The van der Waals surface area contributed by atoms with Gasteiger partial charge in [0.05, 0.1) is 11.1 Å². The zero-order valence-corrected chi connectivity index (χ0v) is 25.3. The van der Waals surface area contributed by atoms with Crippen molar-refractivity contribution in [1.29, 1.82) is 0 Å². The third-order valence-corrected chi connectivity index (χ3v) is 7.57. The van der Waals surface area contributed by atoms with Gasteiger partial charge in [-0.25, -0.2) is 4.68 Å². The van der Waals surface area contributed by atoms with E-state index in [-0.39, 0.29) is 11.6 Å². The van der Waals surface area contributed by atoms with Gasteiger partial charge >= 0.3 is 0 Å². The van der Waals surface area contributed by atoms with Gasteiger partial charge in [0.15, 0.2) is 5.82 Å². The first-order valence-electron chi connectivity index (χ1n) is 14.2. The Morgan fingerprint density at radius 1 is 0.884 bits per heavy atom. The first-order valence-corrected chi connectivity index (χ1v) is 14.7. The number of rotatable bonds is 11. The van der Waals surface area contributed by atoms with E-state index in [0.717, 1.165) is 23.4 Å². The summed E-state index contributed by atoms with van der Waals surface area (Å²) in [6.45, 7) is 6.91. The van der Waals surface area contributed by atoms with Gasteiger partial charge in [-0.1, -0.05) is 81.4 Å². The number of anilines is 2. The van der Waals surface area contributed by atoms with Crippen molar-refractivity contribution in [2.75, 3.05) is 4.90 Å². The average molecular weight is 591 g/mol. The predicted octanol–water partition coefficient (Wildman–Crippen LogP) is 8.35. The molecule has 0 aliphatic carbocycles. The molecule has 0 saturated carbocycles. The second-order valence-corrected chi connectivity index (χ2v) is 11.2. The standard InChI is InChI=1S/C34H34N6O2S/c1-25(2)22-27-14-18-29(19-15-27)26(3)33-36-38(24-37(30-10-6-4-7-11-30)31-12-8-5-9-13-31)34(43)39(33)35-23-28-16-20-32(21-17-28)40(41)42/h4-21,23,25-26H,22,24H2,1-3H3/b35-23+. The largest absolute Gasteiger partial charge is 0.321 e. The van der Waals surface area contributed by atoms with E-state index < -0.39 is 4.92 Å². The highest BCUT2D eigenvalue weighted by atomic mass is 32.1. The van der Waals surface area contributed by atoms with Crippen LogP contribution in [0, 0.1) is 20.8 Å². The van der Waals surface area contributed by atoms with E-state index in [1.54, 1.807) is 27.7 Å². The van der Waals surface area contributed by atoms with Crippen LogP contribution in [0.4, 0.5) is 17.1 Å². The Bertz CT molecular complexity index is 1710. The summed E-state index contributed by atoms with van der Waals surface area (Å²) in [4.78, 5) is 12.8. The van der Waals surface area contributed by atoms with Crippen LogP contribution < -0.4 is 4.90 Å². The SMILES string of the molecule is CC(C)Cc1ccc(C(C)c2nn(CN(c3ccccc3)c3ccccc3)c(=S)n2/N=C/c2ccc([N+](=O)[O-])cc2)cc1. The fourth-order valence-electron chi connectivity index (χ4n) is 4.92. The van der Waals surface area contributed by atoms with Crippen LogP contribution in [-0.4, -0.2) is 25.6 Å². The van der Waals surface area contributed by atoms with Crippen LogP contribution in [0.3, 0.4) is 0 Å². The molecule has 0 amide bonds. The maximum Gasteiger partial charge on any atom is 0.269 e. The topological polar surface area (TPSA) is 81.5 Å². The molecule has 1 aromatic heterocycles.